The number of rotatable bonds is 18. The number of anilines is 2. The summed E-state index contributed by atoms with van der Waals surface area (Å²) >= 11 is 0. The van der Waals surface area contributed by atoms with Crippen molar-refractivity contribution in [1.82, 2.24) is 0 Å². The number of hydrogen-bond acceptors (Lipinski definition) is 3. The molecule has 0 heterocycles. The van der Waals surface area contributed by atoms with Crippen LogP contribution in [0, 0.1) is 0 Å². The minimum absolute atomic E-state index is 0.683. The molecule has 0 saturated heterocycles. The Hall–Kier alpha value is -2.16. The van der Waals surface area contributed by atoms with Crippen molar-refractivity contribution in [1.29, 1.82) is 0 Å². The molecule has 0 unspecified atom stereocenters. The smallest absolute Gasteiger partial charge is 0.142 e. The van der Waals surface area contributed by atoms with Gasteiger partial charge in [-0.05, 0) is 49.6 Å². The molecule has 2 N–H and O–H groups in total. The second-order valence-electron chi connectivity index (χ2n) is 8.41. The van der Waals surface area contributed by atoms with Gasteiger partial charge in [0, 0.05) is 18.8 Å². The minimum Gasteiger partial charge on any atom is -0.492 e. The summed E-state index contributed by atoms with van der Waals surface area (Å²) < 4.78 is 5.66. The van der Waals surface area contributed by atoms with Crippen LogP contribution in [-0.4, -0.2) is 19.7 Å². The van der Waals surface area contributed by atoms with E-state index < -0.39 is 0 Å². The first kappa shape index (κ1) is 25.1. The number of hydrogen-bond donors (Lipinski definition) is 2. The monoisotopic (exact) mass is 424 g/mol. The van der Waals surface area contributed by atoms with E-state index in [-0.39, 0.29) is 0 Å². The molecule has 2 aromatic rings. The molecule has 0 radical (unpaired) electrons. The maximum Gasteiger partial charge on any atom is 0.142 e. The number of para-hydroxylation sites is 2. The van der Waals surface area contributed by atoms with Gasteiger partial charge in [-0.15, -0.1) is 0 Å². The highest BCUT2D eigenvalue weighted by Gasteiger charge is 2.01. The van der Waals surface area contributed by atoms with Crippen molar-refractivity contribution in [2.75, 3.05) is 30.3 Å². The van der Waals surface area contributed by atoms with E-state index >= 15 is 0 Å². The van der Waals surface area contributed by atoms with Gasteiger partial charge in [0.15, 0.2) is 0 Å². The molecule has 0 atom stereocenters. The zero-order valence-corrected chi connectivity index (χ0v) is 19.9. The summed E-state index contributed by atoms with van der Waals surface area (Å²) in [7, 11) is 0. The molecule has 0 aliphatic carbocycles. The fraction of sp³-hybridized carbons (Fsp3) is 0.571. The maximum absolute atomic E-state index is 5.66. The van der Waals surface area contributed by atoms with Gasteiger partial charge < -0.3 is 15.4 Å². The third kappa shape index (κ3) is 11.1. The molecule has 0 spiro atoms. The van der Waals surface area contributed by atoms with Crippen LogP contribution in [-0.2, 0) is 6.42 Å². The van der Waals surface area contributed by atoms with Gasteiger partial charge in [0.2, 0.25) is 0 Å². The lowest BCUT2D eigenvalue weighted by molar-refractivity contribution is 0.342. The predicted octanol–water partition coefficient (Wildman–Crippen LogP) is 8.07. The second-order valence-corrected chi connectivity index (χ2v) is 8.41. The van der Waals surface area contributed by atoms with Crippen molar-refractivity contribution in [2.45, 2.75) is 84.5 Å². The zero-order valence-electron chi connectivity index (χ0n) is 19.9. The van der Waals surface area contributed by atoms with Crippen molar-refractivity contribution in [3.8, 4) is 5.75 Å². The Morgan fingerprint density at radius 2 is 1.26 bits per heavy atom. The molecule has 0 aromatic heterocycles. The maximum atomic E-state index is 5.66. The van der Waals surface area contributed by atoms with Gasteiger partial charge >= 0.3 is 0 Å². The van der Waals surface area contributed by atoms with E-state index in [1.165, 1.54) is 81.9 Å². The van der Waals surface area contributed by atoms with E-state index in [1.54, 1.807) is 0 Å². The molecule has 31 heavy (non-hydrogen) atoms. The van der Waals surface area contributed by atoms with Crippen LogP contribution in [0.25, 0.3) is 0 Å². The van der Waals surface area contributed by atoms with Crippen molar-refractivity contribution in [3.63, 3.8) is 0 Å². The standard InChI is InChI=1S/C28H44N2O/c1-3-5-6-7-8-9-10-11-12-13-16-25-19-21-26(22-20-25)29-23-24-30-27-17-14-15-18-28(27)31-4-2/h14-15,17-22,29-30H,3-13,16,23-24H2,1-2H3. The van der Waals surface area contributed by atoms with Crippen LogP contribution < -0.4 is 15.4 Å². The summed E-state index contributed by atoms with van der Waals surface area (Å²) in [6, 6.07) is 17.1. The highest BCUT2D eigenvalue weighted by molar-refractivity contribution is 5.56. The lowest BCUT2D eigenvalue weighted by Crippen LogP contribution is -2.14. The quantitative estimate of drug-likeness (QED) is 0.237. The molecule has 172 valence electrons. The van der Waals surface area contributed by atoms with E-state index in [9.17, 15) is 0 Å². The van der Waals surface area contributed by atoms with Crippen LogP contribution in [0.3, 0.4) is 0 Å². The first-order chi connectivity index (χ1) is 15.3. The van der Waals surface area contributed by atoms with Crippen LogP contribution in [0.4, 0.5) is 11.4 Å². The molecule has 0 aliphatic rings. The van der Waals surface area contributed by atoms with E-state index in [0.29, 0.717) is 6.61 Å². The summed E-state index contributed by atoms with van der Waals surface area (Å²) in [5, 5.41) is 6.95. The number of nitrogens with one attached hydrogen (secondary N) is 2. The largest absolute Gasteiger partial charge is 0.492 e. The molecule has 3 nitrogen and oxygen atoms in total. The summed E-state index contributed by atoms with van der Waals surface area (Å²) in [6.07, 6.45) is 15.2. The molecule has 0 aliphatic heterocycles. The first-order valence-electron chi connectivity index (χ1n) is 12.6. The summed E-state index contributed by atoms with van der Waals surface area (Å²) in [5.74, 6) is 0.918. The zero-order chi connectivity index (χ0) is 22.0. The summed E-state index contributed by atoms with van der Waals surface area (Å²) in [5.41, 5.74) is 3.69. The Labute approximate surface area is 191 Å². The molecular weight excluding hydrogens is 380 g/mol. The number of unbranched alkanes of at least 4 members (excludes halogenated alkanes) is 9. The second kappa shape index (κ2) is 16.5. The number of benzene rings is 2. The fourth-order valence-electron chi connectivity index (χ4n) is 3.90. The van der Waals surface area contributed by atoms with Crippen molar-refractivity contribution in [2.24, 2.45) is 0 Å². The van der Waals surface area contributed by atoms with E-state index in [2.05, 4.69) is 47.9 Å². The van der Waals surface area contributed by atoms with Crippen LogP contribution in [0.1, 0.15) is 83.6 Å². The van der Waals surface area contributed by atoms with Gasteiger partial charge in [0.1, 0.15) is 5.75 Å². The Morgan fingerprint density at radius 1 is 0.645 bits per heavy atom. The number of aryl methyl sites for hydroxylation is 1. The third-order valence-corrected chi connectivity index (χ3v) is 5.73. The van der Waals surface area contributed by atoms with Crippen LogP contribution >= 0.6 is 0 Å². The van der Waals surface area contributed by atoms with Crippen molar-refractivity contribution in [3.05, 3.63) is 54.1 Å². The van der Waals surface area contributed by atoms with Gasteiger partial charge in [-0.25, -0.2) is 0 Å². The average Bonchev–Trinajstić information content (AvgIpc) is 2.80. The van der Waals surface area contributed by atoms with Crippen LogP contribution in [0.15, 0.2) is 48.5 Å². The Bertz CT molecular complexity index is 684. The van der Waals surface area contributed by atoms with Gasteiger partial charge in [-0.2, -0.15) is 0 Å². The van der Waals surface area contributed by atoms with Gasteiger partial charge in [0.25, 0.3) is 0 Å². The van der Waals surface area contributed by atoms with Crippen molar-refractivity contribution >= 4 is 11.4 Å². The SMILES string of the molecule is CCCCCCCCCCCCc1ccc(NCCNc2ccccc2OCC)cc1. The van der Waals surface area contributed by atoms with Crippen LogP contribution in [0.5, 0.6) is 5.75 Å². The highest BCUT2D eigenvalue weighted by atomic mass is 16.5. The van der Waals surface area contributed by atoms with Gasteiger partial charge in [-0.1, -0.05) is 89.0 Å². The Balaban J connectivity index is 1.53. The lowest BCUT2D eigenvalue weighted by Gasteiger charge is -2.13. The lowest BCUT2D eigenvalue weighted by atomic mass is 10.0. The summed E-state index contributed by atoms with van der Waals surface area (Å²) in [4.78, 5) is 0. The molecule has 0 bridgehead atoms. The van der Waals surface area contributed by atoms with Gasteiger partial charge in [0.05, 0.1) is 12.3 Å². The van der Waals surface area contributed by atoms with E-state index in [4.69, 9.17) is 4.74 Å². The molecule has 0 fully saturated rings. The Kier molecular flexibility index (Phi) is 13.4. The van der Waals surface area contributed by atoms with Crippen LogP contribution in [0.2, 0.25) is 0 Å². The normalized spacial score (nSPS) is 10.8. The number of ether oxygens (including phenoxy) is 1. The highest BCUT2D eigenvalue weighted by Crippen LogP contribution is 2.23. The van der Waals surface area contributed by atoms with Crippen molar-refractivity contribution < 1.29 is 4.74 Å². The Morgan fingerprint density at radius 3 is 1.94 bits per heavy atom. The molecular formula is C28H44N2O. The minimum atomic E-state index is 0.683. The molecule has 3 heteroatoms. The predicted molar refractivity (Wildman–Crippen MR) is 137 cm³/mol. The average molecular weight is 425 g/mol. The van der Waals surface area contributed by atoms with Gasteiger partial charge in [-0.3, -0.25) is 0 Å². The fourth-order valence-corrected chi connectivity index (χ4v) is 3.90. The summed E-state index contributed by atoms with van der Waals surface area (Å²) in [6.45, 7) is 6.71. The topological polar surface area (TPSA) is 33.3 Å². The molecule has 0 saturated carbocycles. The molecule has 2 aromatic carbocycles. The van der Waals surface area contributed by atoms with E-state index in [1.807, 2.05) is 25.1 Å². The molecule has 2 rings (SSSR count). The first-order valence-corrected chi connectivity index (χ1v) is 12.6. The van der Waals surface area contributed by atoms with E-state index in [0.717, 1.165) is 24.5 Å². The third-order valence-electron chi connectivity index (χ3n) is 5.73. The molecule has 0 amide bonds.